The molecule has 12 rings (SSSR count). The molecule has 6 heteroatoms. The van der Waals surface area contributed by atoms with Crippen molar-refractivity contribution in [1.82, 2.24) is 24.5 Å². The second kappa shape index (κ2) is 13.7. The Balaban J connectivity index is 1.03. The topological polar surface area (TPSA) is 69.6 Å². The van der Waals surface area contributed by atoms with Crippen molar-refractivity contribution < 1.29 is 4.42 Å². The predicted octanol–water partition coefficient (Wildman–Crippen LogP) is 13.8. The van der Waals surface area contributed by atoms with Gasteiger partial charge in [0.15, 0.2) is 17.5 Å². The number of hydrogen-bond acceptors (Lipinski definition) is 5. The van der Waals surface area contributed by atoms with Crippen molar-refractivity contribution in [2.45, 2.75) is 0 Å². The third-order valence-electron chi connectivity index (χ3n) is 11.5. The first kappa shape index (κ1) is 33.9. The SMILES string of the molecule is c1ccc(-c2cccc(-c3nc(-c4ccccc4-c4ccc(-n5c6ccccc6c6ccc7ccccc7c65)cc4)nc(-c4nccc5oc6ccccc6c45)n3)c2)cc1. The second-order valence-corrected chi connectivity index (χ2v) is 15.0. The minimum Gasteiger partial charge on any atom is -0.456 e. The highest BCUT2D eigenvalue weighted by molar-refractivity contribution is 6.18. The fourth-order valence-corrected chi connectivity index (χ4v) is 8.76. The van der Waals surface area contributed by atoms with E-state index in [0.717, 1.165) is 61.0 Å². The van der Waals surface area contributed by atoms with Gasteiger partial charge in [0, 0.05) is 44.6 Å². The van der Waals surface area contributed by atoms with E-state index in [1.54, 1.807) is 6.20 Å². The molecule has 4 aromatic heterocycles. The van der Waals surface area contributed by atoms with Crippen LogP contribution in [0, 0.1) is 0 Å². The van der Waals surface area contributed by atoms with Gasteiger partial charge >= 0.3 is 0 Å². The summed E-state index contributed by atoms with van der Waals surface area (Å²) in [6.45, 7) is 0. The van der Waals surface area contributed by atoms with Gasteiger partial charge in [-0.25, -0.2) is 15.0 Å². The highest BCUT2D eigenvalue weighted by Gasteiger charge is 2.21. The number of aromatic nitrogens is 5. The van der Waals surface area contributed by atoms with E-state index in [1.807, 2.05) is 36.4 Å². The summed E-state index contributed by atoms with van der Waals surface area (Å²) in [6.07, 6.45) is 1.76. The number of rotatable bonds is 6. The van der Waals surface area contributed by atoms with E-state index in [1.165, 1.54) is 32.6 Å². The van der Waals surface area contributed by atoms with Crippen LogP contribution in [0.3, 0.4) is 0 Å². The first-order valence-electron chi connectivity index (χ1n) is 20.0. The average molecular weight is 768 g/mol. The van der Waals surface area contributed by atoms with E-state index in [4.69, 9.17) is 24.4 Å². The summed E-state index contributed by atoms with van der Waals surface area (Å²) in [5.74, 6) is 1.59. The summed E-state index contributed by atoms with van der Waals surface area (Å²) >= 11 is 0. The summed E-state index contributed by atoms with van der Waals surface area (Å²) in [7, 11) is 0. The van der Waals surface area contributed by atoms with Crippen molar-refractivity contribution in [2.24, 2.45) is 0 Å². The van der Waals surface area contributed by atoms with Gasteiger partial charge in [-0.3, -0.25) is 4.98 Å². The molecule has 0 bridgehead atoms. The lowest BCUT2D eigenvalue weighted by Crippen LogP contribution is -2.02. The van der Waals surface area contributed by atoms with Crippen LogP contribution in [0.25, 0.3) is 117 Å². The Bertz CT molecular complexity index is 3610. The van der Waals surface area contributed by atoms with Gasteiger partial charge < -0.3 is 8.98 Å². The van der Waals surface area contributed by atoms with Gasteiger partial charge in [-0.05, 0) is 64.0 Å². The Kier molecular flexibility index (Phi) is 7.74. The maximum atomic E-state index is 6.28. The zero-order valence-electron chi connectivity index (χ0n) is 32.2. The first-order chi connectivity index (χ1) is 29.7. The second-order valence-electron chi connectivity index (χ2n) is 15.0. The molecule has 0 saturated carbocycles. The van der Waals surface area contributed by atoms with Gasteiger partial charge in [-0.15, -0.1) is 0 Å². The summed E-state index contributed by atoms with van der Waals surface area (Å²) in [5.41, 5.74) is 11.7. The molecule has 0 fully saturated rings. The van der Waals surface area contributed by atoms with Crippen LogP contribution in [0.5, 0.6) is 0 Å². The normalized spacial score (nSPS) is 11.7. The Morgan fingerprint density at radius 1 is 0.400 bits per heavy atom. The molecule has 0 atom stereocenters. The van der Waals surface area contributed by atoms with Crippen molar-refractivity contribution in [3.63, 3.8) is 0 Å². The molecule has 0 aliphatic carbocycles. The highest BCUT2D eigenvalue weighted by Crippen LogP contribution is 2.39. The molecular formula is C54H33N5O. The molecule has 0 radical (unpaired) electrons. The molecule has 280 valence electrons. The van der Waals surface area contributed by atoms with E-state index in [2.05, 4.69) is 162 Å². The Labute approximate surface area is 344 Å². The number of furan rings is 1. The average Bonchev–Trinajstić information content (AvgIpc) is 3.88. The van der Waals surface area contributed by atoms with E-state index in [9.17, 15) is 0 Å². The molecule has 0 spiro atoms. The molecule has 6 nitrogen and oxygen atoms in total. The minimum atomic E-state index is 0.473. The number of benzene rings is 8. The molecule has 0 N–H and O–H groups in total. The van der Waals surface area contributed by atoms with Crippen LogP contribution in [-0.4, -0.2) is 24.5 Å². The van der Waals surface area contributed by atoms with Gasteiger partial charge in [0.05, 0.1) is 16.4 Å². The van der Waals surface area contributed by atoms with Crippen molar-refractivity contribution in [3.8, 4) is 62.2 Å². The molecule has 0 aliphatic heterocycles. The van der Waals surface area contributed by atoms with Crippen molar-refractivity contribution in [3.05, 3.63) is 200 Å². The lowest BCUT2D eigenvalue weighted by atomic mass is 9.98. The van der Waals surface area contributed by atoms with Crippen molar-refractivity contribution >= 4 is 54.5 Å². The lowest BCUT2D eigenvalue weighted by Gasteiger charge is -2.14. The quantitative estimate of drug-likeness (QED) is 0.168. The molecule has 60 heavy (non-hydrogen) atoms. The Morgan fingerprint density at radius 3 is 1.97 bits per heavy atom. The van der Waals surface area contributed by atoms with Crippen LogP contribution in [0.15, 0.2) is 205 Å². The van der Waals surface area contributed by atoms with E-state index in [-0.39, 0.29) is 0 Å². The first-order valence-corrected chi connectivity index (χ1v) is 20.0. The molecular weight excluding hydrogens is 735 g/mol. The molecule has 0 amide bonds. The summed E-state index contributed by atoms with van der Waals surface area (Å²) in [5, 5.41) is 6.75. The maximum absolute atomic E-state index is 6.28. The summed E-state index contributed by atoms with van der Waals surface area (Å²) in [4.78, 5) is 20.5. The number of para-hydroxylation sites is 2. The standard InChI is InChI=1S/C54H33N5O/c1-2-13-34(14-3-1)37-16-12-17-38(33-37)52-56-53(58-54(57-52)50-49-45-22-9-11-24-47(45)60-48(49)31-32-55-50)44-21-7-6-18-40(44)36-25-28-39(29-26-36)59-46-23-10-8-20-42(46)43-30-27-35-15-4-5-19-41(35)51(43)59/h1-33H. The van der Waals surface area contributed by atoms with Crippen LogP contribution in [-0.2, 0) is 0 Å². The molecule has 8 aromatic carbocycles. The van der Waals surface area contributed by atoms with E-state index >= 15 is 0 Å². The smallest absolute Gasteiger partial charge is 0.183 e. The lowest BCUT2D eigenvalue weighted by molar-refractivity contribution is 0.668. The summed E-state index contributed by atoms with van der Waals surface area (Å²) < 4.78 is 8.67. The zero-order valence-corrected chi connectivity index (χ0v) is 32.2. The minimum absolute atomic E-state index is 0.473. The third-order valence-corrected chi connectivity index (χ3v) is 11.5. The monoisotopic (exact) mass is 767 g/mol. The number of pyridine rings is 1. The van der Waals surface area contributed by atoms with Gasteiger partial charge in [0.25, 0.3) is 0 Å². The van der Waals surface area contributed by atoms with Crippen LogP contribution in [0.1, 0.15) is 0 Å². The zero-order chi connectivity index (χ0) is 39.6. The molecule has 0 saturated heterocycles. The summed E-state index contributed by atoms with van der Waals surface area (Å²) in [6, 6.07) is 67.6. The van der Waals surface area contributed by atoms with Gasteiger partial charge in [0.2, 0.25) is 0 Å². The largest absolute Gasteiger partial charge is 0.456 e. The molecule has 0 unspecified atom stereocenters. The van der Waals surface area contributed by atoms with Gasteiger partial charge in [0.1, 0.15) is 16.9 Å². The number of nitrogens with zero attached hydrogens (tertiary/aromatic N) is 5. The van der Waals surface area contributed by atoms with Gasteiger partial charge in [-0.1, -0.05) is 158 Å². The van der Waals surface area contributed by atoms with Crippen LogP contribution in [0.2, 0.25) is 0 Å². The fourth-order valence-electron chi connectivity index (χ4n) is 8.76. The Hall–Kier alpha value is -8.22. The maximum Gasteiger partial charge on any atom is 0.183 e. The fraction of sp³-hybridized carbons (Fsp3) is 0. The van der Waals surface area contributed by atoms with Crippen LogP contribution in [0.4, 0.5) is 0 Å². The number of fused-ring (bicyclic) bond motifs is 8. The molecule has 12 aromatic rings. The number of hydrogen-bond donors (Lipinski definition) is 0. The van der Waals surface area contributed by atoms with E-state index in [0.29, 0.717) is 23.2 Å². The Morgan fingerprint density at radius 2 is 1.08 bits per heavy atom. The van der Waals surface area contributed by atoms with Gasteiger partial charge in [-0.2, -0.15) is 0 Å². The molecule has 0 aliphatic rings. The third kappa shape index (κ3) is 5.50. The molecule has 4 heterocycles. The van der Waals surface area contributed by atoms with E-state index < -0.39 is 0 Å². The highest BCUT2D eigenvalue weighted by atomic mass is 16.3. The predicted molar refractivity (Wildman–Crippen MR) is 244 cm³/mol. The van der Waals surface area contributed by atoms with Crippen molar-refractivity contribution in [1.29, 1.82) is 0 Å². The van der Waals surface area contributed by atoms with Crippen molar-refractivity contribution in [2.75, 3.05) is 0 Å². The van der Waals surface area contributed by atoms with Crippen LogP contribution >= 0.6 is 0 Å². The van der Waals surface area contributed by atoms with Crippen LogP contribution < -0.4 is 0 Å².